The fraction of sp³-hybridized carbons (Fsp3) is 0.273. The lowest BCUT2D eigenvalue weighted by molar-refractivity contribution is 0.0945. The lowest BCUT2D eigenvalue weighted by Crippen LogP contribution is -2.24. The van der Waals surface area contributed by atoms with E-state index < -0.39 is 5.82 Å². The van der Waals surface area contributed by atoms with E-state index in [1.54, 1.807) is 5.38 Å². The highest BCUT2D eigenvalue weighted by Gasteiger charge is 2.14. The molecule has 148 valence electrons. The van der Waals surface area contributed by atoms with Crippen LogP contribution in [0.3, 0.4) is 0 Å². The Hall–Kier alpha value is -2.93. The molecule has 29 heavy (non-hydrogen) atoms. The Kier molecular flexibility index (Phi) is 6.05. The number of amides is 1. The Morgan fingerprint density at radius 3 is 2.86 bits per heavy atom. The molecule has 0 saturated heterocycles. The predicted octanol–water partition coefficient (Wildman–Crippen LogP) is 4.65. The van der Waals surface area contributed by atoms with Crippen LogP contribution in [-0.4, -0.2) is 21.6 Å². The summed E-state index contributed by atoms with van der Waals surface area (Å²) in [5.41, 5.74) is 4.24. The number of nitrogens with one attached hydrogen (secondary N) is 1. The van der Waals surface area contributed by atoms with E-state index in [-0.39, 0.29) is 18.1 Å². The quantitative estimate of drug-likeness (QED) is 0.552. The lowest BCUT2D eigenvalue weighted by atomic mass is 10.1. The standard InChI is InChI=1S/C22H21FN4OS/c23-17-8-5-11-24-19(17)13-25-22(28)20-14-29-21(27-20)10-4-2-7-16-12-15-6-1-3-9-18(15)26-16/h1,3,5-6,8-9,11,14H,2,4,7,10,12-13H2,(H,25,28). The summed E-state index contributed by atoms with van der Waals surface area (Å²) in [6, 6.07) is 11.1. The SMILES string of the molecule is O=C(NCc1ncccc1F)c1csc(CCCCC2=Nc3ccccc3C2)n1. The van der Waals surface area contributed by atoms with Crippen LogP contribution in [0.5, 0.6) is 0 Å². The van der Waals surface area contributed by atoms with Gasteiger partial charge in [-0.05, 0) is 49.4 Å². The summed E-state index contributed by atoms with van der Waals surface area (Å²) in [5, 5.41) is 5.36. The molecule has 2 aromatic heterocycles. The second-order valence-corrected chi connectivity index (χ2v) is 7.87. The van der Waals surface area contributed by atoms with Gasteiger partial charge in [0.2, 0.25) is 0 Å². The fourth-order valence-corrected chi connectivity index (χ4v) is 4.10. The second kappa shape index (κ2) is 9.05. The van der Waals surface area contributed by atoms with E-state index >= 15 is 0 Å². The number of thiazole rings is 1. The number of aromatic nitrogens is 2. The van der Waals surface area contributed by atoms with Crippen molar-refractivity contribution in [2.45, 2.75) is 38.6 Å². The topological polar surface area (TPSA) is 67.2 Å². The predicted molar refractivity (Wildman–Crippen MR) is 112 cm³/mol. The molecule has 5 nitrogen and oxygen atoms in total. The van der Waals surface area contributed by atoms with Crippen LogP contribution in [0, 0.1) is 5.82 Å². The van der Waals surface area contributed by atoms with Crippen molar-refractivity contribution in [3.63, 3.8) is 0 Å². The third-order valence-corrected chi connectivity index (χ3v) is 5.71. The normalized spacial score (nSPS) is 12.5. The first-order chi connectivity index (χ1) is 14.2. The van der Waals surface area contributed by atoms with Crippen molar-refractivity contribution in [3.8, 4) is 0 Å². The van der Waals surface area contributed by atoms with E-state index in [2.05, 4.69) is 33.5 Å². The summed E-state index contributed by atoms with van der Waals surface area (Å²) >= 11 is 1.48. The molecule has 3 heterocycles. The first kappa shape index (κ1) is 19.4. The van der Waals surface area contributed by atoms with Crippen LogP contribution in [0.15, 0.2) is 53.0 Å². The number of aryl methyl sites for hydroxylation is 1. The van der Waals surface area contributed by atoms with Gasteiger partial charge in [-0.25, -0.2) is 9.37 Å². The molecule has 1 aliphatic rings. The maximum Gasteiger partial charge on any atom is 0.271 e. The molecule has 0 radical (unpaired) electrons. The molecule has 0 aliphatic carbocycles. The van der Waals surface area contributed by atoms with Gasteiger partial charge in [0.05, 0.1) is 22.9 Å². The number of aliphatic imine (C=N–C) groups is 1. The van der Waals surface area contributed by atoms with Crippen LogP contribution in [0.1, 0.15) is 46.0 Å². The molecule has 1 amide bonds. The molecule has 0 spiro atoms. The first-order valence-electron chi connectivity index (χ1n) is 9.65. The zero-order chi connectivity index (χ0) is 20.1. The maximum atomic E-state index is 13.6. The van der Waals surface area contributed by atoms with Crippen LogP contribution in [0.25, 0.3) is 0 Å². The maximum absolute atomic E-state index is 13.6. The minimum Gasteiger partial charge on any atom is -0.345 e. The largest absolute Gasteiger partial charge is 0.345 e. The molecule has 0 atom stereocenters. The van der Waals surface area contributed by atoms with Gasteiger partial charge < -0.3 is 5.32 Å². The van der Waals surface area contributed by atoms with Gasteiger partial charge in [0.25, 0.3) is 5.91 Å². The van der Waals surface area contributed by atoms with E-state index in [1.165, 1.54) is 40.9 Å². The summed E-state index contributed by atoms with van der Waals surface area (Å²) in [6.45, 7) is 0.0445. The van der Waals surface area contributed by atoms with Crippen molar-refractivity contribution in [2.24, 2.45) is 4.99 Å². The van der Waals surface area contributed by atoms with Crippen molar-refractivity contribution in [3.05, 3.63) is 75.8 Å². The summed E-state index contributed by atoms with van der Waals surface area (Å²) in [5.74, 6) is -0.739. The van der Waals surface area contributed by atoms with Crippen LogP contribution in [0.2, 0.25) is 0 Å². The fourth-order valence-electron chi connectivity index (χ4n) is 3.28. The monoisotopic (exact) mass is 408 g/mol. The van der Waals surface area contributed by atoms with Gasteiger partial charge in [0.15, 0.2) is 0 Å². The van der Waals surface area contributed by atoms with Crippen molar-refractivity contribution in [1.29, 1.82) is 0 Å². The van der Waals surface area contributed by atoms with Crippen molar-refractivity contribution >= 4 is 28.6 Å². The number of hydrogen-bond donors (Lipinski definition) is 1. The number of benzene rings is 1. The summed E-state index contributed by atoms with van der Waals surface area (Å²) in [7, 11) is 0. The van der Waals surface area contributed by atoms with Gasteiger partial charge in [0, 0.05) is 23.7 Å². The van der Waals surface area contributed by atoms with E-state index in [4.69, 9.17) is 4.99 Å². The minimum absolute atomic E-state index is 0.0445. The number of carbonyl (C=O) groups excluding carboxylic acids is 1. The summed E-state index contributed by atoms with van der Waals surface area (Å²) < 4.78 is 13.6. The molecule has 0 bridgehead atoms. The highest BCUT2D eigenvalue weighted by atomic mass is 32.1. The van der Waals surface area contributed by atoms with E-state index in [1.807, 2.05) is 6.07 Å². The molecule has 1 aromatic carbocycles. The molecule has 4 rings (SSSR count). The lowest BCUT2D eigenvalue weighted by Gasteiger charge is -2.03. The van der Waals surface area contributed by atoms with E-state index in [9.17, 15) is 9.18 Å². The third-order valence-electron chi connectivity index (χ3n) is 4.81. The Morgan fingerprint density at radius 2 is 2.00 bits per heavy atom. The highest BCUT2D eigenvalue weighted by molar-refractivity contribution is 7.09. The van der Waals surface area contributed by atoms with E-state index in [0.717, 1.165) is 42.8 Å². The zero-order valence-electron chi connectivity index (χ0n) is 15.9. The number of unbranched alkanes of at least 4 members (excludes halogenated alkanes) is 1. The van der Waals surface area contributed by atoms with Crippen molar-refractivity contribution in [1.82, 2.24) is 15.3 Å². The number of hydrogen-bond acceptors (Lipinski definition) is 5. The van der Waals surface area contributed by atoms with Gasteiger partial charge in [0.1, 0.15) is 11.5 Å². The zero-order valence-corrected chi connectivity index (χ0v) is 16.7. The Morgan fingerprint density at radius 1 is 1.14 bits per heavy atom. The number of halogens is 1. The average Bonchev–Trinajstić information content (AvgIpc) is 3.37. The summed E-state index contributed by atoms with van der Waals surface area (Å²) in [4.78, 5) is 25.3. The van der Waals surface area contributed by atoms with Crippen LogP contribution < -0.4 is 5.32 Å². The van der Waals surface area contributed by atoms with Crippen molar-refractivity contribution < 1.29 is 9.18 Å². The number of carbonyl (C=O) groups is 1. The number of pyridine rings is 1. The number of para-hydroxylation sites is 1. The van der Waals surface area contributed by atoms with Gasteiger partial charge in [-0.15, -0.1) is 11.3 Å². The van der Waals surface area contributed by atoms with Crippen LogP contribution in [0.4, 0.5) is 10.1 Å². The third kappa shape index (κ3) is 4.92. The second-order valence-electron chi connectivity index (χ2n) is 6.93. The Bertz CT molecular complexity index is 1050. The van der Waals surface area contributed by atoms with Gasteiger partial charge in [-0.2, -0.15) is 0 Å². The molecule has 1 N–H and O–H groups in total. The first-order valence-corrected chi connectivity index (χ1v) is 10.5. The van der Waals surface area contributed by atoms with Gasteiger partial charge in [-0.3, -0.25) is 14.8 Å². The molecule has 3 aromatic rings. The molecule has 1 aliphatic heterocycles. The van der Waals surface area contributed by atoms with Crippen molar-refractivity contribution in [2.75, 3.05) is 0 Å². The molecular formula is C22H21FN4OS. The molecule has 0 saturated carbocycles. The van der Waals surface area contributed by atoms with Gasteiger partial charge in [-0.1, -0.05) is 18.2 Å². The highest BCUT2D eigenvalue weighted by Crippen LogP contribution is 2.27. The Balaban J connectivity index is 1.20. The van der Waals surface area contributed by atoms with Crippen LogP contribution in [-0.2, 0) is 19.4 Å². The van der Waals surface area contributed by atoms with Gasteiger partial charge >= 0.3 is 0 Å². The molecule has 7 heteroatoms. The smallest absolute Gasteiger partial charge is 0.271 e. The van der Waals surface area contributed by atoms with E-state index in [0.29, 0.717) is 5.69 Å². The molecule has 0 unspecified atom stereocenters. The average molecular weight is 409 g/mol. The Labute approximate surface area is 172 Å². The number of rotatable bonds is 8. The number of nitrogens with zero attached hydrogens (tertiary/aromatic N) is 3. The molecule has 0 fully saturated rings. The van der Waals surface area contributed by atoms with Crippen LogP contribution >= 0.6 is 11.3 Å². The number of fused-ring (bicyclic) bond motifs is 1. The minimum atomic E-state index is -0.429. The summed E-state index contributed by atoms with van der Waals surface area (Å²) in [6.07, 6.45) is 6.34. The molecular weight excluding hydrogens is 387 g/mol.